The molecule has 3 atom stereocenters. The number of rotatable bonds is 5. The Morgan fingerprint density at radius 3 is 2.50 bits per heavy atom. The number of hydrogen-bond donors (Lipinski definition) is 1. The maximum atomic E-state index is 13.3. The third kappa shape index (κ3) is 4.09. The van der Waals surface area contributed by atoms with Crippen molar-refractivity contribution in [2.24, 2.45) is 17.1 Å². The van der Waals surface area contributed by atoms with E-state index in [9.17, 15) is 4.79 Å². The van der Waals surface area contributed by atoms with E-state index < -0.39 is 0 Å². The van der Waals surface area contributed by atoms with Crippen molar-refractivity contribution in [3.05, 3.63) is 44.5 Å². The van der Waals surface area contributed by atoms with Crippen molar-refractivity contribution in [2.75, 3.05) is 18.0 Å². The molecule has 2 fully saturated rings. The van der Waals surface area contributed by atoms with Crippen molar-refractivity contribution in [3.63, 3.8) is 0 Å². The van der Waals surface area contributed by atoms with Crippen LogP contribution in [0.25, 0.3) is 0 Å². The molecule has 2 heterocycles. The van der Waals surface area contributed by atoms with Crippen LogP contribution in [-0.2, 0) is 0 Å². The van der Waals surface area contributed by atoms with Crippen molar-refractivity contribution in [1.29, 1.82) is 0 Å². The first-order chi connectivity index (χ1) is 14.1. The number of aryl methyl sites for hydroxylation is 1. The lowest BCUT2D eigenvalue weighted by molar-refractivity contribution is 0.192. The normalized spacial score (nSPS) is 25.4. The van der Waals surface area contributed by atoms with Crippen molar-refractivity contribution in [2.45, 2.75) is 71.9 Å². The second-order valence-electron chi connectivity index (χ2n) is 9.11. The number of nitrogens with zero attached hydrogens (tertiary/aromatic N) is 3. The number of hydrogen-bond acceptors (Lipinski definition) is 4. The van der Waals surface area contributed by atoms with E-state index in [4.69, 9.17) is 33.9 Å². The Labute approximate surface area is 189 Å². The predicted octanol–water partition coefficient (Wildman–Crippen LogP) is 5.03. The summed E-state index contributed by atoms with van der Waals surface area (Å²) in [6.45, 7) is 13.4. The quantitative estimate of drug-likeness (QED) is 0.636. The summed E-state index contributed by atoms with van der Waals surface area (Å²) in [5.74, 6) is 2.13. The average molecular weight is 453 g/mol. The molecule has 5 nitrogen and oxygen atoms in total. The molecule has 0 radical (unpaired) electrons. The summed E-state index contributed by atoms with van der Waals surface area (Å²) in [5.41, 5.74) is 7.34. The Morgan fingerprint density at radius 1 is 1.37 bits per heavy atom. The Bertz CT molecular complexity index is 899. The van der Waals surface area contributed by atoms with Gasteiger partial charge in [-0.05, 0) is 63.4 Å². The first kappa shape index (κ1) is 23.4. The third-order valence-electron chi connectivity index (χ3n) is 7.15. The molecule has 3 rings (SSSR count). The fourth-order valence-electron chi connectivity index (χ4n) is 5.47. The van der Waals surface area contributed by atoms with E-state index in [1.807, 2.05) is 20.8 Å². The summed E-state index contributed by atoms with van der Waals surface area (Å²) in [5, 5.41) is 0.776. The highest BCUT2D eigenvalue weighted by molar-refractivity contribution is 6.40. The molecule has 0 unspecified atom stereocenters. The molecule has 1 aliphatic heterocycles. The minimum Gasteiger partial charge on any atom is -0.356 e. The highest BCUT2D eigenvalue weighted by atomic mass is 35.5. The second kappa shape index (κ2) is 9.05. The number of piperidine rings is 1. The van der Waals surface area contributed by atoms with Gasteiger partial charge in [0.15, 0.2) is 0 Å². The number of halogens is 2. The van der Waals surface area contributed by atoms with Crippen molar-refractivity contribution >= 4 is 29.0 Å². The maximum absolute atomic E-state index is 13.3. The molecule has 0 aromatic carbocycles. The smallest absolute Gasteiger partial charge is 0.259 e. The van der Waals surface area contributed by atoms with Gasteiger partial charge in [-0.25, -0.2) is 4.98 Å². The molecule has 0 bridgehead atoms. The van der Waals surface area contributed by atoms with E-state index in [0.29, 0.717) is 33.8 Å². The third-order valence-corrected chi connectivity index (χ3v) is 8.06. The molecule has 1 saturated heterocycles. The van der Waals surface area contributed by atoms with Gasteiger partial charge in [0.2, 0.25) is 0 Å². The molecule has 30 heavy (non-hydrogen) atoms. The zero-order valence-corrected chi connectivity index (χ0v) is 20.1. The van der Waals surface area contributed by atoms with Crippen molar-refractivity contribution in [1.82, 2.24) is 9.55 Å². The van der Waals surface area contributed by atoms with E-state index in [1.54, 1.807) is 4.57 Å². The standard InChI is InChI=1S/C23H34Cl2N4O/c1-6-17(24)20(25)18(7-2)29-16(5)27-21(15(4)22(29)30)28-10-8-23(9-11-28)13-14(3)12-19(23)26/h6,14,18-19H,1,7-13,26H2,2-5H3/b20-17-/t14-,18-,19+/m0/s1. The predicted molar refractivity (Wildman–Crippen MR) is 126 cm³/mol. The number of allylic oxidation sites excluding steroid dienone is 3. The minimum absolute atomic E-state index is 0.0671. The van der Waals surface area contributed by atoms with E-state index in [0.717, 1.165) is 38.2 Å². The van der Waals surface area contributed by atoms with Gasteiger partial charge in [0, 0.05) is 19.1 Å². The van der Waals surface area contributed by atoms with Gasteiger partial charge in [-0.2, -0.15) is 0 Å². The second-order valence-corrected chi connectivity index (χ2v) is 9.92. The molecular formula is C23H34Cl2N4O. The highest BCUT2D eigenvalue weighted by Crippen LogP contribution is 2.48. The molecular weight excluding hydrogens is 419 g/mol. The zero-order chi connectivity index (χ0) is 22.2. The number of nitrogens with two attached hydrogens (primary N) is 1. The van der Waals surface area contributed by atoms with Crippen LogP contribution in [0, 0.1) is 25.2 Å². The van der Waals surface area contributed by atoms with Gasteiger partial charge in [0.05, 0.1) is 21.7 Å². The van der Waals surface area contributed by atoms with Crippen LogP contribution in [0.4, 0.5) is 5.82 Å². The topological polar surface area (TPSA) is 64.2 Å². The largest absolute Gasteiger partial charge is 0.356 e. The summed E-state index contributed by atoms with van der Waals surface area (Å²) < 4.78 is 1.66. The lowest BCUT2D eigenvalue weighted by atomic mass is 9.74. The lowest BCUT2D eigenvalue weighted by Crippen LogP contribution is -2.47. The summed E-state index contributed by atoms with van der Waals surface area (Å²) in [6, 6.07) is -0.0696. The molecule has 1 saturated carbocycles. The minimum atomic E-state index is -0.354. The van der Waals surface area contributed by atoms with Crippen LogP contribution >= 0.6 is 23.2 Å². The summed E-state index contributed by atoms with van der Waals surface area (Å²) in [4.78, 5) is 20.4. The van der Waals surface area contributed by atoms with Crippen LogP contribution in [0.15, 0.2) is 27.5 Å². The van der Waals surface area contributed by atoms with Crippen LogP contribution in [0.5, 0.6) is 0 Å². The molecule has 1 aliphatic carbocycles. The van der Waals surface area contributed by atoms with E-state index in [2.05, 4.69) is 18.4 Å². The SMILES string of the molecule is C=C/C(Cl)=C(/Cl)[C@H](CC)n1c(C)nc(N2CCC3(CC2)C[C@@H](C)C[C@H]3N)c(C)c1=O. The van der Waals surface area contributed by atoms with Crippen LogP contribution in [0.3, 0.4) is 0 Å². The molecule has 2 N–H and O–H groups in total. The molecule has 7 heteroatoms. The van der Waals surface area contributed by atoms with E-state index in [1.165, 1.54) is 12.5 Å². The number of aromatic nitrogens is 2. The molecule has 166 valence electrons. The summed E-state index contributed by atoms with van der Waals surface area (Å²) in [7, 11) is 0. The fourth-order valence-corrected chi connectivity index (χ4v) is 5.93. The van der Waals surface area contributed by atoms with E-state index in [-0.39, 0.29) is 23.1 Å². The van der Waals surface area contributed by atoms with Crippen LogP contribution in [-0.4, -0.2) is 28.7 Å². The summed E-state index contributed by atoms with van der Waals surface area (Å²) >= 11 is 12.7. The van der Waals surface area contributed by atoms with Gasteiger partial charge >= 0.3 is 0 Å². The zero-order valence-electron chi connectivity index (χ0n) is 18.5. The molecule has 1 aromatic heterocycles. The van der Waals surface area contributed by atoms with Gasteiger partial charge in [0.25, 0.3) is 5.56 Å². The van der Waals surface area contributed by atoms with Gasteiger partial charge in [-0.15, -0.1) is 0 Å². The molecule has 1 spiro atoms. The Balaban J connectivity index is 1.91. The van der Waals surface area contributed by atoms with Gasteiger partial charge in [-0.3, -0.25) is 9.36 Å². The van der Waals surface area contributed by atoms with E-state index >= 15 is 0 Å². The highest BCUT2D eigenvalue weighted by Gasteiger charge is 2.46. The van der Waals surface area contributed by atoms with Crippen LogP contribution in [0.1, 0.15) is 63.4 Å². The van der Waals surface area contributed by atoms with Gasteiger partial charge < -0.3 is 10.6 Å². The first-order valence-corrected chi connectivity index (χ1v) is 11.7. The van der Waals surface area contributed by atoms with Crippen molar-refractivity contribution in [3.8, 4) is 0 Å². The Hall–Kier alpha value is -1.30. The fraction of sp³-hybridized carbons (Fsp3) is 0.652. The Morgan fingerprint density at radius 2 is 2.00 bits per heavy atom. The molecule has 2 aliphatic rings. The number of anilines is 1. The Kier molecular flexibility index (Phi) is 7.05. The van der Waals surface area contributed by atoms with Crippen LogP contribution < -0.4 is 16.2 Å². The summed E-state index contributed by atoms with van der Waals surface area (Å²) in [6.07, 6.45) is 6.58. The van der Waals surface area contributed by atoms with Crippen LogP contribution in [0.2, 0.25) is 0 Å². The van der Waals surface area contributed by atoms with Gasteiger partial charge in [-0.1, -0.05) is 43.6 Å². The molecule has 1 aromatic rings. The lowest BCUT2D eigenvalue weighted by Gasteiger charge is -2.43. The first-order valence-electron chi connectivity index (χ1n) is 10.9. The molecule has 0 amide bonds. The van der Waals surface area contributed by atoms with Crippen molar-refractivity contribution < 1.29 is 0 Å². The maximum Gasteiger partial charge on any atom is 0.259 e. The van der Waals surface area contributed by atoms with Gasteiger partial charge in [0.1, 0.15) is 11.6 Å². The average Bonchev–Trinajstić information content (AvgIpc) is 3.00. The monoisotopic (exact) mass is 452 g/mol.